The van der Waals surface area contributed by atoms with Crippen LogP contribution in [-0.4, -0.2) is 30.7 Å². The van der Waals surface area contributed by atoms with E-state index in [0.29, 0.717) is 17.7 Å². The largest absolute Gasteiger partial charge is 0.516 e. The predicted molar refractivity (Wildman–Crippen MR) is 96.4 cm³/mol. The maximum absolute atomic E-state index is 12.6. The number of sulfonamides is 1. The second-order valence-electron chi connectivity index (χ2n) is 6.32. The Morgan fingerprint density at radius 3 is 2.41 bits per heavy atom. The topological polar surface area (TPSA) is 92.8 Å². The number of carbonyl (C=O) groups is 2. The number of hydrogen-bond donors (Lipinski definition) is 1. The number of alkyl halides is 3. The number of hydrogen-bond acceptors (Lipinski definition) is 5. The molecule has 3 rings (SSSR count). The standard InChI is InChI=1S/C18H15F3N2O5S/c1-11(24)28-15-7-4-13-10-23(17(25)16(13)8-15)9-12-2-5-14(6-3-12)22-29(26,27)18(19,20)21/h2-8,22H,9-10H2,1H3. The molecule has 0 fully saturated rings. The van der Waals surface area contributed by atoms with Crippen LogP contribution in [0.3, 0.4) is 0 Å². The van der Waals surface area contributed by atoms with Gasteiger partial charge in [-0.25, -0.2) is 0 Å². The Morgan fingerprint density at radius 2 is 1.83 bits per heavy atom. The van der Waals surface area contributed by atoms with Crippen LogP contribution in [0.25, 0.3) is 0 Å². The maximum Gasteiger partial charge on any atom is 0.516 e. The average molecular weight is 428 g/mol. The molecule has 0 saturated heterocycles. The quantitative estimate of drug-likeness (QED) is 0.584. The summed E-state index contributed by atoms with van der Waals surface area (Å²) in [6.45, 7) is 1.74. The maximum atomic E-state index is 12.6. The second kappa shape index (κ2) is 7.39. The molecule has 0 aromatic heterocycles. The van der Waals surface area contributed by atoms with Gasteiger partial charge >= 0.3 is 21.5 Å². The van der Waals surface area contributed by atoms with Crippen LogP contribution >= 0.6 is 0 Å². The molecule has 0 radical (unpaired) electrons. The van der Waals surface area contributed by atoms with Crippen molar-refractivity contribution in [2.75, 3.05) is 4.72 Å². The van der Waals surface area contributed by atoms with Crippen molar-refractivity contribution in [3.63, 3.8) is 0 Å². The number of anilines is 1. The first-order valence-corrected chi connectivity index (χ1v) is 9.73. The molecule has 11 heteroatoms. The number of halogens is 3. The zero-order valence-corrected chi connectivity index (χ0v) is 15.8. The molecule has 0 saturated carbocycles. The van der Waals surface area contributed by atoms with E-state index in [1.54, 1.807) is 12.1 Å². The molecule has 1 aliphatic heterocycles. The third-order valence-electron chi connectivity index (χ3n) is 4.11. The predicted octanol–water partition coefficient (Wildman–Crippen LogP) is 3.03. The Morgan fingerprint density at radius 1 is 1.17 bits per heavy atom. The summed E-state index contributed by atoms with van der Waals surface area (Å²) in [6, 6.07) is 9.97. The number of nitrogens with one attached hydrogen (secondary N) is 1. The van der Waals surface area contributed by atoms with Crippen LogP contribution in [0.2, 0.25) is 0 Å². The van der Waals surface area contributed by atoms with E-state index in [-0.39, 0.29) is 23.9 Å². The molecule has 154 valence electrons. The minimum atomic E-state index is -5.49. The summed E-state index contributed by atoms with van der Waals surface area (Å²) in [7, 11) is -5.49. The molecule has 1 heterocycles. The Kier molecular flexibility index (Phi) is 5.26. The van der Waals surface area contributed by atoms with E-state index in [4.69, 9.17) is 4.74 Å². The van der Waals surface area contributed by atoms with E-state index in [0.717, 1.165) is 5.56 Å². The van der Waals surface area contributed by atoms with Crippen molar-refractivity contribution < 1.29 is 35.9 Å². The lowest BCUT2D eigenvalue weighted by atomic mass is 10.1. The van der Waals surface area contributed by atoms with Crippen LogP contribution in [0.5, 0.6) is 5.75 Å². The average Bonchev–Trinajstić information content (AvgIpc) is 2.91. The molecule has 0 unspecified atom stereocenters. The monoisotopic (exact) mass is 428 g/mol. The number of amides is 1. The Balaban J connectivity index is 1.69. The lowest BCUT2D eigenvalue weighted by molar-refractivity contribution is -0.131. The first kappa shape index (κ1) is 20.6. The molecule has 2 aromatic rings. The van der Waals surface area contributed by atoms with Gasteiger partial charge in [0, 0.05) is 31.3 Å². The summed E-state index contributed by atoms with van der Waals surface area (Å²) in [5.41, 5.74) is -3.90. The fraction of sp³-hybridized carbons (Fsp3) is 0.222. The van der Waals surface area contributed by atoms with Crippen molar-refractivity contribution >= 4 is 27.6 Å². The number of esters is 1. The van der Waals surface area contributed by atoms with E-state index >= 15 is 0 Å². The van der Waals surface area contributed by atoms with E-state index in [2.05, 4.69) is 0 Å². The van der Waals surface area contributed by atoms with Crippen LogP contribution < -0.4 is 9.46 Å². The number of ether oxygens (including phenoxy) is 1. The van der Waals surface area contributed by atoms with Gasteiger partial charge in [-0.05, 0) is 35.4 Å². The minimum absolute atomic E-state index is 0.169. The normalized spacial score (nSPS) is 13.9. The van der Waals surface area contributed by atoms with E-state index in [1.165, 1.54) is 46.9 Å². The van der Waals surface area contributed by atoms with Crippen molar-refractivity contribution in [3.8, 4) is 5.75 Å². The second-order valence-corrected chi connectivity index (χ2v) is 8.00. The molecule has 1 aliphatic rings. The zero-order valence-electron chi connectivity index (χ0n) is 15.0. The van der Waals surface area contributed by atoms with Gasteiger partial charge in [0.2, 0.25) is 0 Å². The van der Waals surface area contributed by atoms with Crippen LogP contribution in [0.1, 0.15) is 28.4 Å². The Bertz CT molecular complexity index is 1070. The highest BCUT2D eigenvalue weighted by Crippen LogP contribution is 2.29. The van der Waals surface area contributed by atoms with Gasteiger partial charge in [-0.15, -0.1) is 0 Å². The number of carbonyl (C=O) groups excluding carboxylic acids is 2. The molecule has 0 spiro atoms. The SMILES string of the molecule is CC(=O)Oc1ccc2c(c1)C(=O)N(Cc1ccc(NS(=O)(=O)C(F)(F)F)cc1)C2. The third kappa shape index (κ3) is 4.50. The fourth-order valence-electron chi connectivity index (χ4n) is 2.81. The first-order valence-electron chi connectivity index (χ1n) is 8.25. The zero-order chi connectivity index (χ0) is 21.4. The molecule has 0 atom stereocenters. The van der Waals surface area contributed by atoms with Crippen molar-refractivity contribution in [2.24, 2.45) is 0 Å². The third-order valence-corrected chi connectivity index (χ3v) is 5.22. The smallest absolute Gasteiger partial charge is 0.427 e. The van der Waals surface area contributed by atoms with Gasteiger partial charge in [-0.1, -0.05) is 18.2 Å². The highest BCUT2D eigenvalue weighted by atomic mass is 32.2. The highest BCUT2D eigenvalue weighted by molar-refractivity contribution is 7.93. The lowest BCUT2D eigenvalue weighted by Gasteiger charge is -2.16. The van der Waals surface area contributed by atoms with Crippen LogP contribution in [0.15, 0.2) is 42.5 Å². The molecule has 0 bridgehead atoms. The molecule has 29 heavy (non-hydrogen) atoms. The molecule has 7 nitrogen and oxygen atoms in total. The number of fused-ring (bicyclic) bond motifs is 1. The van der Waals surface area contributed by atoms with E-state index in [9.17, 15) is 31.2 Å². The first-order chi connectivity index (χ1) is 13.5. The number of nitrogens with zero attached hydrogens (tertiary/aromatic N) is 1. The molecular formula is C18H15F3N2O5S. The van der Waals surface area contributed by atoms with Gasteiger partial charge in [0.05, 0.1) is 0 Å². The summed E-state index contributed by atoms with van der Waals surface area (Å²) in [5, 5.41) is 0. The summed E-state index contributed by atoms with van der Waals surface area (Å²) in [6.07, 6.45) is 0. The van der Waals surface area contributed by atoms with Crippen molar-refractivity contribution in [1.82, 2.24) is 4.90 Å². The van der Waals surface area contributed by atoms with Crippen molar-refractivity contribution in [3.05, 3.63) is 59.2 Å². The molecule has 1 amide bonds. The molecule has 1 N–H and O–H groups in total. The van der Waals surface area contributed by atoms with Gasteiger partial charge in [0.25, 0.3) is 5.91 Å². The van der Waals surface area contributed by atoms with Gasteiger partial charge in [-0.2, -0.15) is 21.6 Å². The van der Waals surface area contributed by atoms with Gasteiger partial charge in [0.1, 0.15) is 5.75 Å². The van der Waals surface area contributed by atoms with Crippen LogP contribution in [0, 0.1) is 0 Å². The lowest BCUT2D eigenvalue weighted by Crippen LogP contribution is -2.29. The molecule has 2 aromatic carbocycles. The van der Waals surface area contributed by atoms with Crippen molar-refractivity contribution in [1.29, 1.82) is 0 Å². The summed E-state index contributed by atoms with van der Waals surface area (Å²) < 4.78 is 65.9. The number of benzene rings is 2. The fourth-order valence-corrected chi connectivity index (χ4v) is 3.37. The van der Waals surface area contributed by atoms with Crippen LogP contribution in [-0.2, 0) is 27.9 Å². The molecular weight excluding hydrogens is 413 g/mol. The Labute approximate surface area is 164 Å². The summed E-state index contributed by atoms with van der Waals surface area (Å²) in [5.74, 6) is -0.530. The van der Waals surface area contributed by atoms with Gasteiger partial charge < -0.3 is 9.64 Å². The molecule has 0 aliphatic carbocycles. The summed E-state index contributed by atoms with van der Waals surface area (Å²) >= 11 is 0. The summed E-state index contributed by atoms with van der Waals surface area (Å²) in [4.78, 5) is 25.1. The van der Waals surface area contributed by atoms with Gasteiger partial charge in [-0.3, -0.25) is 14.3 Å². The minimum Gasteiger partial charge on any atom is -0.427 e. The van der Waals surface area contributed by atoms with E-state index < -0.39 is 21.5 Å². The van der Waals surface area contributed by atoms with E-state index in [1.807, 2.05) is 0 Å². The Hall–Kier alpha value is -3.08. The number of rotatable bonds is 5. The van der Waals surface area contributed by atoms with Crippen LogP contribution in [0.4, 0.5) is 18.9 Å². The van der Waals surface area contributed by atoms with Gasteiger partial charge in [0.15, 0.2) is 0 Å². The van der Waals surface area contributed by atoms with Crippen molar-refractivity contribution in [2.45, 2.75) is 25.5 Å². The highest BCUT2D eigenvalue weighted by Gasteiger charge is 2.46.